The van der Waals surface area contributed by atoms with Gasteiger partial charge in [0.2, 0.25) is 0 Å². The summed E-state index contributed by atoms with van der Waals surface area (Å²) in [5.41, 5.74) is 3.53. The number of hydrogen-bond donors (Lipinski definition) is 0. The second kappa shape index (κ2) is 4.64. The molecule has 2 rings (SSSR count). The van der Waals surface area contributed by atoms with E-state index in [1.54, 1.807) is 0 Å². The highest BCUT2D eigenvalue weighted by Gasteiger charge is 2.12. The zero-order chi connectivity index (χ0) is 11.5. The van der Waals surface area contributed by atoms with Crippen molar-refractivity contribution in [2.45, 2.75) is 46.1 Å². The summed E-state index contributed by atoms with van der Waals surface area (Å²) in [6.45, 7) is 5.00. The molecule has 0 bridgehead atoms. The fourth-order valence-electron chi connectivity index (χ4n) is 2.25. The van der Waals surface area contributed by atoms with Crippen molar-refractivity contribution in [2.75, 3.05) is 0 Å². The number of aryl methyl sites for hydroxylation is 2. The summed E-state index contributed by atoms with van der Waals surface area (Å²) in [5, 5.41) is 4.42. The molecular formula is C13H18N2O. The Kier molecular flexibility index (Phi) is 3.22. The average Bonchev–Trinajstić information content (AvgIpc) is 2.59. The highest BCUT2D eigenvalue weighted by Crippen LogP contribution is 2.20. The van der Waals surface area contributed by atoms with E-state index in [9.17, 15) is 4.79 Å². The monoisotopic (exact) mass is 218 g/mol. The normalized spacial score (nSPS) is 16.4. The van der Waals surface area contributed by atoms with Gasteiger partial charge in [-0.1, -0.05) is 5.57 Å². The van der Waals surface area contributed by atoms with Crippen LogP contribution >= 0.6 is 0 Å². The number of carbonyl (C=O) groups is 1. The third kappa shape index (κ3) is 2.40. The summed E-state index contributed by atoms with van der Waals surface area (Å²) in [6, 6.07) is 2.11. The van der Waals surface area contributed by atoms with Gasteiger partial charge in [-0.15, -0.1) is 0 Å². The Morgan fingerprint density at radius 3 is 2.94 bits per heavy atom. The minimum absolute atomic E-state index is 0.278. The molecule has 1 aliphatic carbocycles. The smallest absolute Gasteiger partial charge is 0.155 e. The summed E-state index contributed by atoms with van der Waals surface area (Å²) in [5.74, 6) is 0.278. The van der Waals surface area contributed by atoms with Gasteiger partial charge in [0.25, 0.3) is 0 Å². The topological polar surface area (TPSA) is 34.9 Å². The van der Waals surface area contributed by atoms with Crippen LogP contribution in [0.2, 0.25) is 0 Å². The van der Waals surface area contributed by atoms with Crippen LogP contribution in [0, 0.1) is 6.92 Å². The van der Waals surface area contributed by atoms with E-state index in [0.717, 1.165) is 37.9 Å². The molecule has 86 valence electrons. The third-order valence-electron chi connectivity index (χ3n) is 2.98. The van der Waals surface area contributed by atoms with Crippen LogP contribution < -0.4 is 0 Å². The SMILES string of the molecule is CCn1nc(C)cc1CC1=CC(=O)CCC1. The Morgan fingerprint density at radius 2 is 2.25 bits per heavy atom. The van der Waals surface area contributed by atoms with E-state index >= 15 is 0 Å². The minimum Gasteiger partial charge on any atom is -0.295 e. The van der Waals surface area contributed by atoms with Gasteiger partial charge in [-0.05, 0) is 38.8 Å². The number of ketones is 1. The zero-order valence-corrected chi connectivity index (χ0v) is 9.99. The summed E-state index contributed by atoms with van der Waals surface area (Å²) >= 11 is 0. The molecular weight excluding hydrogens is 200 g/mol. The predicted molar refractivity (Wildman–Crippen MR) is 63.3 cm³/mol. The van der Waals surface area contributed by atoms with Gasteiger partial charge in [-0.25, -0.2) is 0 Å². The number of nitrogens with zero attached hydrogens (tertiary/aromatic N) is 2. The van der Waals surface area contributed by atoms with Gasteiger partial charge in [0.15, 0.2) is 5.78 Å². The molecule has 0 atom stereocenters. The largest absolute Gasteiger partial charge is 0.295 e. The maximum atomic E-state index is 11.3. The summed E-state index contributed by atoms with van der Waals surface area (Å²) < 4.78 is 2.02. The van der Waals surface area contributed by atoms with E-state index in [1.807, 2.05) is 17.7 Å². The predicted octanol–water partition coefficient (Wildman–Crippen LogP) is 2.43. The van der Waals surface area contributed by atoms with E-state index in [1.165, 1.54) is 11.3 Å². The quantitative estimate of drug-likeness (QED) is 0.781. The molecule has 3 nitrogen and oxygen atoms in total. The van der Waals surface area contributed by atoms with E-state index < -0.39 is 0 Å². The third-order valence-corrected chi connectivity index (χ3v) is 2.98. The Bertz CT molecular complexity index is 429. The van der Waals surface area contributed by atoms with Crippen LogP contribution in [-0.4, -0.2) is 15.6 Å². The van der Waals surface area contributed by atoms with Gasteiger partial charge in [0, 0.05) is 25.1 Å². The fourth-order valence-corrected chi connectivity index (χ4v) is 2.25. The molecule has 0 saturated carbocycles. The van der Waals surface area contributed by atoms with Crippen molar-refractivity contribution in [1.29, 1.82) is 0 Å². The average molecular weight is 218 g/mol. The van der Waals surface area contributed by atoms with E-state index in [4.69, 9.17) is 0 Å². The van der Waals surface area contributed by atoms with E-state index in [2.05, 4.69) is 18.1 Å². The molecule has 0 unspecified atom stereocenters. The number of aromatic nitrogens is 2. The maximum absolute atomic E-state index is 11.3. The first-order chi connectivity index (χ1) is 7.69. The first-order valence-corrected chi connectivity index (χ1v) is 5.94. The molecule has 1 aliphatic rings. The molecule has 1 aromatic rings. The maximum Gasteiger partial charge on any atom is 0.155 e. The van der Waals surface area contributed by atoms with Gasteiger partial charge >= 0.3 is 0 Å². The van der Waals surface area contributed by atoms with Gasteiger partial charge < -0.3 is 0 Å². The lowest BCUT2D eigenvalue weighted by Crippen LogP contribution is -2.08. The lowest BCUT2D eigenvalue weighted by Gasteiger charge is -2.12. The summed E-state index contributed by atoms with van der Waals surface area (Å²) in [6.07, 6.45) is 5.48. The van der Waals surface area contributed by atoms with Crippen LogP contribution in [0.3, 0.4) is 0 Å². The molecule has 0 saturated heterocycles. The molecule has 0 N–H and O–H groups in total. The molecule has 0 fully saturated rings. The summed E-state index contributed by atoms with van der Waals surface area (Å²) in [4.78, 5) is 11.3. The molecule has 0 spiro atoms. The Labute approximate surface area is 96.2 Å². The molecule has 16 heavy (non-hydrogen) atoms. The molecule has 3 heteroatoms. The number of carbonyl (C=O) groups excluding carboxylic acids is 1. The molecule has 0 aliphatic heterocycles. The van der Waals surface area contributed by atoms with Gasteiger partial charge in [-0.2, -0.15) is 5.10 Å². The van der Waals surface area contributed by atoms with Crippen LogP contribution in [-0.2, 0) is 17.8 Å². The Hall–Kier alpha value is -1.38. The summed E-state index contributed by atoms with van der Waals surface area (Å²) in [7, 11) is 0. The van der Waals surface area contributed by atoms with Crippen molar-refractivity contribution in [3.05, 3.63) is 29.1 Å². The second-order valence-corrected chi connectivity index (χ2v) is 4.39. The molecule has 0 radical (unpaired) electrons. The zero-order valence-electron chi connectivity index (χ0n) is 9.99. The van der Waals surface area contributed by atoms with Crippen molar-refractivity contribution in [3.8, 4) is 0 Å². The lowest BCUT2D eigenvalue weighted by molar-refractivity contribution is -0.115. The lowest BCUT2D eigenvalue weighted by atomic mass is 9.95. The fraction of sp³-hybridized carbons (Fsp3) is 0.538. The highest BCUT2D eigenvalue weighted by atomic mass is 16.1. The number of hydrogen-bond acceptors (Lipinski definition) is 2. The van der Waals surface area contributed by atoms with Crippen LogP contribution in [0.1, 0.15) is 37.6 Å². The van der Waals surface area contributed by atoms with Crippen LogP contribution in [0.25, 0.3) is 0 Å². The second-order valence-electron chi connectivity index (χ2n) is 4.39. The van der Waals surface area contributed by atoms with Crippen LogP contribution in [0.4, 0.5) is 0 Å². The van der Waals surface area contributed by atoms with Gasteiger partial charge in [-0.3, -0.25) is 9.48 Å². The number of rotatable bonds is 3. The van der Waals surface area contributed by atoms with Crippen molar-refractivity contribution in [3.63, 3.8) is 0 Å². The Morgan fingerprint density at radius 1 is 1.44 bits per heavy atom. The molecule has 1 aromatic heterocycles. The molecule has 1 heterocycles. The molecule has 0 amide bonds. The van der Waals surface area contributed by atoms with Crippen LogP contribution in [0.15, 0.2) is 17.7 Å². The van der Waals surface area contributed by atoms with Crippen molar-refractivity contribution < 1.29 is 4.79 Å². The van der Waals surface area contributed by atoms with Crippen molar-refractivity contribution in [1.82, 2.24) is 9.78 Å². The van der Waals surface area contributed by atoms with Gasteiger partial charge in [0.1, 0.15) is 0 Å². The Balaban J connectivity index is 2.16. The van der Waals surface area contributed by atoms with Crippen LogP contribution in [0.5, 0.6) is 0 Å². The minimum atomic E-state index is 0.278. The van der Waals surface area contributed by atoms with Crippen molar-refractivity contribution in [2.24, 2.45) is 0 Å². The highest BCUT2D eigenvalue weighted by molar-refractivity contribution is 5.91. The van der Waals surface area contributed by atoms with E-state index in [0.29, 0.717) is 0 Å². The van der Waals surface area contributed by atoms with Crippen molar-refractivity contribution >= 4 is 5.78 Å². The van der Waals surface area contributed by atoms with E-state index in [-0.39, 0.29) is 5.78 Å². The van der Waals surface area contributed by atoms with Gasteiger partial charge in [0.05, 0.1) is 5.69 Å². The molecule has 0 aromatic carbocycles. The first kappa shape index (κ1) is 11.1. The standard InChI is InChI=1S/C13H18N2O/c1-3-15-12(7-10(2)14-15)8-11-5-4-6-13(16)9-11/h7,9H,3-6,8H2,1-2H3. The first-order valence-electron chi connectivity index (χ1n) is 5.94. The number of allylic oxidation sites excluding steroid dienone is 2.